The van der Waals surface area contributed by atoms with Crippen LogP contribution in [0.5, 0.6) is 5.75 Å². The summed E-state index contributed by atoms with van der Waals surface area (Å²) in [6.45, 7) is 8.78. The zero-order valence-electron chi connectivity index (χ0n) is 22.6. The number of aromatic nitrogens is 2. The summed E-state index contributed by atoms with van der Waals surface area (Å²) < 4.78 is 45.0. The minimum Gasteiger partial charge on any atom is -0.406 e. The van der Waals surface area contributed by atoms with Gasteiger partial charge in [-0.05, 0) is 80.3 Å². The standard InChI is InChI=1S/C29H34F3N5O2/c1-5-37-24-8-9-25(37)17-36(16-24)23-7-6-18(2)27(13-23)28(38)34-19(3)20-10-21(22-14-33-35(4)15-22)12-26(11-20)39-29(30,31)32/h6-7,10-15,19,24-25H,5,8-9,16-17H2,1-4H3,(H,34,38)/t19-,24-,25+/m1/s1. The molecule has 0 spiro atoms. The van der Waals surface area contributed by atoms with Crippen LogP contribution < -0.4 is 15.0 Å². The van der Waals surface area contributed by atoms with Crippen molar-refractivity contribution in [3.63, 3.8) is 0 Å². The van der Waals surface area contributed by atoms with Crippen molar-refractivity contribution in [2.45, 2.75) is 58.1 Å². The molecule has 2 saturated heterocycles. The van der Waals surface area contributed by atoms with Gasteiger partial charge < -0.3 is 15.0 Å². The van der Waals surface area contributed by atoms with Crippen LogP contribution in [-0.4, -0.2) is 58.7 Å². The molecule has 0 unspecified atom stereocenters. The van der Waals surface area contributed by atoms with Crippen LogP contribution in [0.1, 0.15) is 54.2 Å². The van der Waals surface area contributed by atoms with E-state index in [4.69, 9.17) is 0 Å². The third-order valence-electron chi connectivity index (χ3n) is 7.88. The first-order valence-electron chi connectivity index (χ1n) is 13.3. The highest BCUT2D eigenvalue weighted by Crippen LogP contribution is 2.34. The van der Waals surface area contributed by atoms with Gasteiger partial charge in [-0.15, -0.1) is 13.2 Å². The van der Waals surface area contributed by atoms with E-state index < -0.39 is 12.4 Å². The molecule has 3 atom stereocenters. The summed E-state index contributed by atoms with van der Waals surface area (Å²) in [5, 5.41) is 7.10. The first-order valence-corrected chi connectivity index (χ1v) is 13.3. The van der Waals surface area contributed by atoms with Crippen molar-refractivity contribution < 1.29 is 22.7 Å². The lowest BCUT2D eigenvalue weighted by Gasteiger charge is -2.41. The quantitative estimate of drug-likeness (QED) is 0.431. The van der Waals surface area contributed by atoms with E-state index in [-0.39, 0.29) is 11.7 Å². The lowest BCUT2D eigenvalue weighted by Crippen LogP contribution is -2.53. The van der Waals surface area contributed by atoms with Crippen molar-refractivity contribution in [3.05, 3.63) is 65.5 Å². The van der Waals surface area contributed by atoms with Gasteiger partial charge in [-0.25, -0.2) is 0 Å². The number of nitrogens with zero attached hydrogens (tertiary/aromatic N) is 4. The molecule has 3 heterocycles. The molecule has 5 rings (SSSR count). The van der Waals surface area contributed by atoms with Gasteiger partial charge in [0.1, 0.15) is 5.75 Å². The number of likely N-dealkylation sites (N-methyl/N-ethyl adjacent to an activating group) is 1. The van der Waals surface area contributed by atoms with Gasteiger partial charge in [0.2, 0.25) is 0 Å². The molecule has 2 bridgehead atoms. The molecule has 1 amide bonds. The van der Waals surface area contributed by atoms with Crippen LogP contribution in [-0.2, 0) is 7.05 Å². The normalized spacial score (nSPS) is 20.2. The molecule has 1 N–H and O–H groups in total. The fourth-order valence-electron chi connectivity index (χ4n) is 5.93. The first kappa shape index (κ1) is 27.1. The number of alkyl halides is 3. The Hall–Kier alpha value is -3.53. The zero-order chi connectivity index (χ0) is 27.9. The first-order chi connectivity index (χ1) is 18.5. The van der Waals surface area contributed by atoms with E-state index in [1.165, 1.54) is 25.0 Å². The van der Waals surface area contributed by atoms with Gasteiger partial charge in [-0.1, -0.05) is 13.0 Å². The molecule has 0 saturated carbocycles. The molecule has 2 aromatic carbocycles. The molecule has 208 valence electrons. The molecule has 0 radical (unpaired) electrons. The maximum atomic E-state index is 13.4. The molecule has 3 aromatic rings. The van der Waals surface area contributed by atoms with Crippen LogP contribution >= 0.6 is 0 Å². The van der Waals surface area contributed by atoms with Crippen LogP contribution in [0.2, 0.25) is 0 Å². The number of anilines is 1. The van der Waals surface area contributed by atoms with E-state index in [0.29, 0.717) is 34.3 Å². The lowest BCUT2D eigenvalue weighted by molar-refractivity contribution is -0.274. The van der Waals surface area contributed by atoms with Gasteiger partial charge in [0.15, 0.2) is 0 Å². The molecule has 2 aliphatic heterocycles. The average Bonchev–Trinajstić information content (AvgIpc) is 3.42. The van der Waals surface area contributed by atoms with Crippen LogP contribution in [0.3, 0.4) is 0 Å². The molecule has 0 aliphatic carbocycles. The van der Waals surface area contributed by atoms with E-state index in [2.05, 4.69) is 37.9 Å². The Balaban J connectivity index is 1.37. The summed E-state index contributed by atoms with van der Waals surface area (Å²) in [6.07, 6.45) is 0.840. The molecule has 2 aliphatic rings. The minimum absolute atomic E-state index is 0.276. The second-order valence-electron chi connectivity index (χ2n) is 10.6. The predicted octanol–water partition coefficient (Wildman–Crippen LogP) is 5.46. The van der Waals surface area contributed by atoms with Gasteiger partial charge in [0, 0.05) is 55.2 Å². The van der Waals surface area contributed by atoms with Crippen LogP contribution in [0.25, 0.3) is 11.1 Å². The monoisotopic (exact) mass is 541 g/mol. The van der Waals surface area contributed by atoms with Crippen molar-refractivity contribution in [3.8, 4) is 16.9 Å². The SMILES string of the molecule is CCN1[C@@H]2CC[C@H]1CN(c1ccc(C)c(C(=O)N[C@H](C)c3cc(OC(F)(F)F)cc(-c4cnn(C)c4)c3)c1)C2. The summed E-state index contributed by atoms with van der Waals surface area (Å²) in [5.41, 5.74) is 4.06. The number of fused-ring (bicyclic) bond motifs is 2. The van der Waals surface area contributed by atoms with Gasteiger partial charge in [-0.2, -0.15) is 5.10 Å². The number of carbonyl (C=O) groups excluding carboxylic acids is 1. The van der Waals surface area contributed by atoms with Gasteiger partial charge in [0.05, 0.1) is 12.2 Å². The molecule has 1 aromatic heterocycles. The topological polar surface area (TPSA) is 62.6 Å². The number of nitrogens with one attached hydrogen (secondary N) is 1. The van der Waals surface area contributed by atoms with Crippen LogP contribution in [0, 0.1) is 6.92 Å². The van der Waals surface area contributed by atoms with E-state index in [9.17, 15) is 18.0 Å². The van der Waals surface area contributed by atoms with Crippen LogP contribution in [0.4, 0.5) is 18.9 Å². The number of carbonyl (C=O) groups is 1. The maximum absolute atomic E-state index is 13.4. The zero-order valence-corrected chi connectivity index (χ0v) is 22.6. The molecule has 7 nitrogen and oxygen atoms in total. The average molecular weight is 542 g/mol. The fraction of sp³-hybridized carbons (Fsp3) is 0.448. The lowest BCUT2D eigenvalue weighted by atomic mass is 10.0. The van der Waals surface area contributed by atoms with E-state index in [0.717, 1.165) is 30.9 Å². The number of aryl methyl sites for hydroxylation is 2. The highest BCUT2D eigenvalue weighted by atomic mass is 19.4. The summed E-state index contributed by atoms with van der Waals surface area (Å²) in [6, 6.07) is 10.8. The molecular formula is C29H34F3N5O2. The number of hydrogen-bond acceptors (Lipinski definition) is 5. The Kier molecular flexibility index (Phi) is 7.33. The van der Waals surface area contributed by atoms with Crippen molar-refractivity contribution in [1.29, 1.82) is 0 Å². The Morgan fingerprint density at radius 3 is 2.46 bits per heavy atom. The fourth-order valence-corrected chi connectivity index (χ4v) is 5.93. The van der Waals surface area contributed by atoms with Gasteiger partial charge in [-0.3, -0.25) is 14.4 Å². The predicted molar refractivity (Wildman–Crippen MR) is 144 cm³/mol. The number of ether oxygens (including phenoxy) is 1. The summed E-state index contributed by atoms with van der Waals surface area (Å²) in [7, 11) is 1.73. The number of amides is 1. The van der Waals surface area contributed by atoms with Gasteiger partial charge in [0.25, 0.3) is 5.91 Å². The second kappa shape index (κ2) is 10.6. The molecule has 39 heavy (non-hydrogen) atoms. The summed E-state index contributed by atoms with van der Waals surface area (Å²) >= 11 is 0. The Bertz CT molecular complexity index is 1340. The second-order valence-corrected chi connectivity index (χ2v) is 10.6. The van der Waals surface area contributed by atoms with Crippen LogP contribution in [0.15, 0.2) is 48.8 Å². The summed E-state index contributed by atoms with van der Waals surface area (Å²) in [5.74, 6) is -0.624. The largest absolute Gasteiger partial charge is 0.573 e. The Morgan fingerprint density at radius 2 is 1.85 bits per heavy atom. The number of hydrogen-bond donors (Lipinski definition) is 1. The number of rotatable bonds is 7. The highest BCUT2D eigenvalue weighted by Gasteiger charge is 2.39. The van der Waals surface area contributed by atoms with E-state index >= 15 is 0 Å². The van der Waals surface area contributed by atoms with Crippen molar-refractivity contribution >= 4 is 11.6 Å². The number of piperazine rings is 1. The molecular weight excluding hydrogens is 507 g/mol. The van der Waals surface area contributed by atoms with E-state index in [1.54, 1.807) is 37.1 Å². The highest BCUT2D eigenvalue weighted by molar-refractivity contribution is 5.97. The van der Waals surface area contributed by atoms with Crippen molar-refractivity contribution in [2.24, 2.45) is 7.05 Å². The Labute approximate surface area is 226 Å². The number of halogens is 3. The van der Waals surface area contributed by atoms with Crippen molar-refractivity contribution in [2.75, 3.05) is 24.5 Å². The minimum atomic E-state index is -4.84. The number of benzene rings is 2. The third kappa shape index (κ3) is 5.90. The molecule has 2 fully saturated rings. The smallest absolute Gasteiger partial charge is 0.406 e. The third-order valence-corrected chi connectivity index (χ3v) is 7.88. The van der Waals surface area contributed by atoms with E-state index in [1.807, 2.05) is 19.1 Å². The summed E-state index contributed by atoms with van der Waals surface area (Å²) in [4.78, 5) is 18.4. The van der Waals surface area contributed by atoms with Crippen molar-refractivity contribution in [1.82, 2.24) is 20.0 Å². The maximum Gasteiger partial charge on any atom is 0.573 e. The molecule has 10 heteroatoms. The Morgan fingerprint density at radius 1 is 1.13 bits per heavy atom. The van der Waals surface area contributed by atoms with Gasteiger partial charge >= 0.3 is 6.36 Å².